The van der Waals surface area contributed by atoms with Gasteiger partial charge in [0.15, 0.2) is 5.01 Å². The van der Waals surface area contributed by atoms with Crippen molar-refractivity contribution in [2.24, 2.45) is 0 Å². The van der Waals surface area contributed by atoms with Gasteiger partial charge in [-0.2, -0.15) is 0 Å². The third kappa shape index (κ3) is 3.13. The second kappa shape index (κ2) is 6.16. The first-order chi connectivity index (χ1) is 9.13. The van der Waals surface area contributed by atoms with Crippen LogP contribution in [0.1, 0.15) is 31.3 Å². The van der Waals surface area contributed by atoms with Gasteiger partial charge in [-0.25, -0.2) is 8.78 Å². The Balaban J connectivity index is 2.26. The molecule has 19 heavy (non-hydrogen) atoms. The van der Waals surface area contributed by atoms with Gasteiger partial charge in [0.1, 0.15) is 16.6 Å². The summed E-state index contributed by atoms with van der Waals surface area (Å²) in [7, 11) is 0. The number of benzene rings is 1. The SMILES string of the molecule is CCCNC(C)c1nnc(-c2c(F)cccc2F)s1. The summed E-state index contributed by atoms with van der Waals surface area (Å²) in [6.45, 7) is 4.89. The Kier molecular flexibility index (Phi) is 4.55. The van der Waals surface area contributed by atoms with E-state index in [9.17, 15) is 8.78 Å². The maximum Gasteiger partial charge on any atom is 0.153 e. The topological polar surface area (TPSA) is 37.8 Å². The van der Waals surface area contributed by atoms with Gasteiger partial charge in [0.25, 0.3) is 0 Å². The highest BCUT2D eigenvalue weighted by atomic mass is 32.1. The first kappa shape index (κ1) is 14.0. The van der Waals surface area contributed by atoms with E-state index in [4.69, 9.17) is 0 Å². The van der Waals surface area contributed by atoms with Crippen LogP contribution in [0.4, 0.5) is 8.78 Å². The van der Waals surface area contributed by atoms with Crippen LogP contribution in [-0.4, -0.2) is 16.7 Å². The van der Waals surface area contributed by atoms with E-state index >= 15 is 0 Å². The molecule has 2 aromatic rings. The fraction of sp³-hybridized carbons (Fsp3) is 0.385. The Labute approximate surface area is 114 Å². The van der Waals surface area contributed by atoms with Crippen molar-refractivity contribution in [3.63, 3.8) is 0 Å². The summed E-state index contributed by atoms with van der Waals surface area (Å²) in [5.74, 6) is -1.23. The van der Waals surface area contributed by atoms with E-state index < -0.39 is 11.6 Å². The fourth-order valence-electron chi connectivity index (χ4n) is 1.66. The molecule has 1 aromatic heterocycles. The van der Waals surface area contributed by atoms with Crippen molar-refractivity contribution < 1.29 is 8.78 Å². The molecule has 0 bridgehead atoms. The summed E-state index contributed by atoms with van der Waals surface area (Å²) in [6, 6.07) is 3.80. The van der Waals surface area contributed by atoms with Gasteiger partial charge < -0.3 is 5.32 Å². The van der Waals surface area contributed by atoms with E-state index in [0.717, 1.165) is 18.0 Å². The molecule has 1 unspecified atom stereocenters. The van der Waals surface area contributed by atoms with Crippen LogP contribution in [0.15, 0.2) is 18.2 Å². The molecule has 0 spiro atoms. The molecule has 102 valence electrons. The second-order valence-corrected chi connectivity index (χ2v) is 5.23. The van der Waals surface area contributed by atoms with Crippen LogP contribution in [0, 0.1) is 11.6 Å². The molecule has 0 fully saturated rings. The normalized spacial score (nSPS) is 12.6. The third-order valence-corrected chi connectivity index (χ3v) is 3.81. The summed E-state index contributed by atoms with van der Waals surface area (Å²) in [5.41, 5.74) is -0.103. The van der Waals surface area contributed by atoms with Gasteiger partial charge in [0, 0.05) is 0 Å². The average Bonchev–Trinajstić information content (AvgIpc) is 2.85. The molecule has 0 saturated heterocycles. The third-order valence-electron chi connectivity index (χ3n) is 2.69. The number of nitrogens with one attached hydrogen (secondary N) is 1. The van der Waals surface area contributed by atoms with Crippen molar-refractivity contribution in [2.45, 2.75) is 26.3 Å². The molecular weight excluding hydrogens is 268 g/mol. The van der Waals surface area contributed by atoms with Gasteiger partial charge in [-0.15, -0.1) is 10.2 Å². The highest BCUT2D eigenvalue weighted by Gasteiger charge is 2.18. The molecule has 1 aromatic carbocycles. The van der Waals surface area contributed by atoms with Gasteiger partial charge in [-0.3, -0.25) is 0 Å². The first-order valence-corrected chi connectivity index (χ1v) is 6.96. The molecule has 1 heterocycles. The van der Waals surface area contributed by atoms with Gasteiger partial charge in [-0.05, 0) is 32.0 Å². The molecule has 0 radical (unpaired) electrons. The quantitative estimate of drug-likeness (QED) is 0.912. The number of hydrogen-bond donors (Lipinski definition) is 1. The number of aromatic nitrogens is 2. The minimum atomic E-state index is -0.614. The summed E-state index contributed by atoms with van der Waals surface area (Å²) < 4.78 is 27.3. The predicted molar refractivity (Wildman–Crippen MR) is 72.0 cm³/mol. The average molecular weight is 283 g/mol. The minimum Gasteiger partial charge on any atom is -0.308 e. The largest absolute Gasteiger partial charge is 0.308 e. The zero-order chi connectivity index (χ0) is 13.8. The molecule has 1 atom stereocenters. The zero-order valence-electron chi connectivity index (χ0n) is 10.8. The fourth-order valence-corrected chi connectivity index (χ4v) is 2.58. The van der Waals surface area contributed by atoms with Crippen LogP contribution in [0.25, 0.3) is 10.6 Å². The van der Waals surface area contributed by atoms with Crippen LogP contribution >= 0.6 is 11.3 Å². The maximum absolute atomic E-state index is 13.6. The lowest BCUT2D eigenvalue weighted by Gasteiger charge is -2.08. The highest BCUT2D eigenvalue weighted by Crippen LogP contribution is 2.30. The number of rotatable bonds is 5. The lowest BCUT2D eigenvalue weighted by molar-refractivity contribution is 0.564. The number of halogens is 2. The molecular formula is C13H15F2N3S. The van der Waals surface area contributed by atoms with E-state index in [1.54, 1.807) is 0 Å². The summed E-state index contributed by atoms with van der Waals surface area (Å²) in [6.07, 6.45) is 1.01. The van der Waals surface area contributed by atoms with E-state index in [1.165, 1.54) is 29.5 Å². The van der Waals surface area contributed by atoms with Crippen LogP contribution in [0.5, 0.6) is 0 Å². The first-order valence-electron chi connectivity index (χ1n) is 6.14. The van der Waals surface area contributed by atoms with Crippen molar-refractivity contribution in [3.05, 3.63) is 34.8 Å². The smallest absolute Gasteiger partial charge is 0.153 e. The standard InChI is InChI=1S/C13H15F2N3S/c1-3-7-16-8(2)12-17-18-13(19-12)11-9(14)5-4-6-10(11)15/h4-6,8,16H,3,7H2,1-2H3. The molecule has 6 heteroatoms. The molecule has 0 aliphatic rings. The Morgan fingerprint density at radius 1 is 1.26 bits per heavy atom. The molecule has 1 N–H and O–H groups in total. The van der Waals surface area contributed by atoms with Gasteiger partial charge in [0.2, 0.25) is 0 Å². The maximum atomic E-state index is 13.6. The van der Waals surface area contributed by atoms with E-state index in [2.05, 4.69) is 22.4 Å². The summed E-state index contributed by atoms with van der Waals surface area (Å²) >= 11 is 1.21. The van der Waals surface area contributed by atoms with Crippen molar-refractivity contribution in [1.82, 2.24) is 15.5 Å². The van der Waals surface area contributed by atoms with E-state index in [-0.39, 0.29) is 16.6 Å². The van der Waals surface area contributed by atoms with Crippen LogP contribution in [0.2, 0.25) is 0 Å². The lowest BCUT2D eigenvalue weighted by Crippen LogP contribution is -2.18. The monoisotopic (exact) mass is 283 g/mol. The van der Waals surface area contributed by atoms with Crippen molar-refractivity contribution >= 4 is 11.3 Å². The highest BCUT2D eigenvalue weighted by molar-refractivity contribution is 7.14. The Hall–Kier alpha value is -1.40. The van der Waals surface area contributed by atoms with Crippen molar-refractivity contribution in [3.8, 4) is 10.6 Å². The predicted octanol–water partition coefficient (Wildman–Crippen LogP) is 3.54. The van der Waals surface area contributed by atoms with Crippen LogP contribution in [0.3, 0.4) is 0 Å². The zero-order valence-corrected chi connectivity index (χ0v) is 11.6. The Morgan fingerprint density at radius 3 is 2.58 bits per heavy atom. The van der Waals surface area contributed by atoms with Gasteiger partial charge in [-0.1, -0.05) is 24.3 Å². The van der Waals surface area contributed by atoms with Crippen LogP contribution < -0.4 is 5.32 Å². The minimum absolute atomic E-state index is 0.0287. The number of hydrogen-bond acceptors (Lipinski definition) is 4. The molecule has 0 aliphatic heterocycles. The molecule has 0 aliphatic carbocycles. The molecule has 3 nitrogen and oxygen atoms in total. The molecule has 0 saturated carbocycles. The lowest BCUT2D eigenvalue weighted by atomic mass is 10.2. The molecule has 2 rings (SSSR count). The number of nitrogens with zero attached hydrogens (tertiary/aromatic N) is 2. The Bertz CT molecular complexity index is 536. The molecule has 0 amide bonds. The van der Waals surface area contributed by atoms with Gasteiger partial charge >= 0.3 is 0 Å². The van der Waals surface area contributed by atoms with Gasteiger partial charge in [0.05, 0.1) is 11.6 Å². The Morgan fingerprint density at radius 2 is 1.95 bits per heavy atom. The summed E-state index contributed by atoms with van der Waals surface area (Å²) in [4.78, 5) is 0. The van der Waals surface area contributed by atoms with Crippen LogP contribution in [-0.2, 0) is 0 Å². The summed E-state index contributed by atoms with van der Waals surface area (Å²) in [5, 5.41) is 12.2. The van der Waals surface area contributed by atoms with Crippen molar-refractivity contribution in [1.29, 1.82) is 0 Å². The van der Waals surface area contributed by atoms with E-state index in [0.29, 0.717) is 0 Å². The second-order valence-electron chi connectivity index (χ2n) is 4.22. The van der Waals surface area contributed by atoms with Crippen molar-refractivity contribution in [2.75, 3.05) is 6.54 Å². The van der Waals surface area contributed by atoms with E-state index in [1.807, 2.05) is 6.92 Å².